The molecule has 0 bridgehead atoms. The third-order valence-corrected chi connectivity index (χ3v) is 3.76. The predicted molar refractivity (Wildman–Crippen MR) is 84.7 cm³/mol. The average molecular weight is 322 g/mol. The van der Waals surface area contributed by atoms with Crippen LogP contribution in [0.1, 0.15) is 77.6 Å². The molecule has 0 radical (unpaired) electrons. The number of esters is 1. The van der Waals surface area contributed by atoms with Crippen LogP contribution in [0.4, 0.5) is 0 Å². The number of hydrogen-bond acceptors (Lipinski definition) is 6. The van der Waals surface area contributed by atoms with Gasteiger partial charge in [0, 0.05) is 17.8 Å². The van der Waals surface area contributed by atoms with Gasteiger partial charge in [0.25, 0.3) is 0 Å². The molecular weight excluding hydrogens is 292 g/mol. The van der Waals surface area contributed by atoms with Crippen LogP contribution in [0.15, 0.2) is 0 Å². The molecule has 0 heterocycles. The first-order valence-electron chi connectivity index (χ1n) is 8.06. The van der Waals surface area contributed by atoms with E-state index in [9.17, 15) is 4.79 Å². The Kier molecular flexibility index (Phi) is 17.5. The summed E-state index contributed by atoms with van der Waals surface area (Å²) in [7, 11) is 0. The normalized spacial score (nSPS) is 10.8. The molecule has 0 rings (SSSR count). The second-order valence-corrected chi connectivity index (χ2v) is 5.90. The number of carbonyl (C=O) groups is 1. The maximum absolute atomic E-state index is 11.3. The molecule has 6 heteroatoms. The molecule has 0 amide bonds. The lowest BCUT2D eigenvalue weighted by molar-refractivity contribution is -0.432. The summed E-state index contributed by atoms with van der Waals surface area (Å²) in [6, 6.07) is 0. The number of ether oxygens (including phenoxy) is 1. The van der Waals surface area contributed by atoms with Crippen molar-refractivity contribution < 1.29 is 24.2 Å². The van der Waals surface area contributed by atoms with Gasteiger partial charge in [0.1, 0.15) is 0 Å². The van der Waals surface area contributed by atoms with Crippen molar-refractivity contribution in [2.75, 3.05) is 12.4 Å². The van der Waals surface area contributed by atoms with Crippen LogP contribution in [0, 0.1) is 0 Å². The zero-order valence-corrected chi connectivity index (χ0v) is 14.0. The van der Waals surface area contributed by atoms with Gasteiger partial charge in [-0.05, 0) is 6.42 Å². The van der Waals surface area contributed by atoms with Gasteiger partial charge in [0.05, 0.1) is 13.0 Å². The van der Waals surface area contributed by atoms with Crippen molar-refractivity contribution in [1.29, 1.82) is 0 Å². The Morgan fingerprint density at radius 2 is 1.52 bits per heavy atom. The predicted octanol–water partition coefficient (Wildman–Crippen LogP) is 4.91. The van der Waals surface area contributed by atoms with E-state index in [1.807, 2.05) is 0 Å². The topological polar surface area (TPSA) is 65.0 Å². The highest BCUT2D eigenvalue weighted by molar-refractivity contribution is 7.94. The highest BCUT2D eigenvalue weighted by Gasteiger charge is 2.03. The number of hydrogen-bond donors (Lipinski definition) is 1. The zero-order valence-electron chi connectivity index (χ0n) is 13.2. The molecule has 0 aromatic carbocycles. The Hall–Kier alpha value is -0.300. The summed E-state index contributed by atoms with van der Waals surface area (Å²) in [5, 5.41) is 11.3. The van der Waals surface area contributed by atoms with E-state index in [-0.39, 0.29) is 12.4 Å². The minimum Gasteiger partial charge on any atom is -0.466 e. The average Bonchev–Trinajstić information content (AvgIpc) is 2.49. The molecule has 0 saturated heterocycles. The first kappa shape index (κ1) is 20.7. The molecule has 0 aliphatic heterocycles. The number of rotatable bonds is 16. The monoisotopic (exact) mass is 322 g/mol. The van der Waals surface area contributed by atoms with Crippen molar-refractivity contribution in [3.05, 3.63) is 0 Å². The SMILES string of the molecule is CCCCCCCCCCCCOC(=O)CCSOOO. The fourth-order valence-corrected chi connectivity index (χ4v) is 2.39. The van der Waals surface area contributed by atoms with Crippen LogP contribution in [0.2, 0.25) is 0 Å². The van der Waals surface area contributed by atoms with Crippen LogP contribution in [0.3, 0.4) is 0 Å². The van der Waals surface area contributed by atoms with E-state index in [0.29, 0.717) is 12.4 Å². The van der Waals surface area contributed by atoms with Gasteiger partial charge in [-0.3, -0.25) is 4.79 Å². The molecule has 0 unspecified atom stereocenters. The Balaban J connectivity index is 3.09. The molecular formula is C15H30O5S. The quantitative estimate of drug-likeness (QED) is 0.143. The van der Waals surface area contributed by atoms with Gasteiger partial charge >= 0.3 is 5.97 Å². The molecule has 0 aliphatic rings. The van der Waals surface area contributed by atoms with E-state index >= 15 is 0 Å². The van der Waals surface area contributed by atoms with Crippen molar-refractivity contribution >= 4 is 18.0 Å². The van der Waals surface area contributed by atoms with Gasteiger partial charge in [-0.1, -0.05) is 69.7 Å². The first-order valence-corrected chi connectivity index (χ1v) is 8.97. The lowest BCUT2D eigenvalue weighted by Gasteiger charge is -2.04. The summed E-state index contributed by atoms with van der Waals surface area (Å²) in [5.41, 5.74) is 0. The summed E-state index contributed by atoms with van der Waals surface area (Å²) >= 11 is 0.868. The summed E-state index contributed by atoms with van der Waals surface area (Å²) in [5.74, 6) is 0.164. The van der Waals surface area contributed by atoms with Crippen molar-refractivity contribution in [2.45, 2.75) is 77.6 Å². The van der Waals surface area contributed by atoms with E-state index < -0.39 is 0 Å². The second-order valence-electron chi connectivity index (χ2n) is 5.12. The summed E-state index contributed by atoms with van der Waals surface area (Å²) in [6.07, 6.45) is 12.9. The molecule has 0 aromatic heterocycles. The Morgan fingerprint density at radius 3 is 2.10 bits per heavy atom. The van der Waals surface area contributed by atoms with Gasteiger partial charge in [-0.25, -0.2) is 5.26 Å². The lowest BCUT2D eigenvalue weighted by Crippen LogP contribution is -2.06. The van der Waals surface area contributed by atoms with Crippen molar-refractivity contribution in [3.63, 3.8) is 0 Å². The molecule has 0 spiro atoms. The highest BCUT2D eigenvalue weighted by atomic mass is 32.2. The van der Waals surface area contributed by atoms with E-state index in [1.54, 1.807) is 0 Å². The van der Waals surface area contributed by atoms with Crippen LogP contribution in [-0.2, 0) is 18.9 Å². The van der Waals surface area contributed by atoms with Gasteiger partial charge in [0.15, 0.2) is 0 Å². The molecule has 0 aromatic rings. The van der Waals surface area contributed by atoms with Crippen LogP contribution < -0.4 is 0 Å². The summed E-state index contributed by atoms with van der Waals surface area (Å²) in [6.45, 7) is 2.74. The highest BCUT2D eigenvalue weighted by Crippen LogP contribution is 2.10. The second kappa shape index (κ2) is 17.8. The minimum atomic E-state index is -0.236. The third kappa shape index (κ3) is 17.6. The van der Waals surface area contributed by atoms with E-state index in [1.165, 1.54) is 51.4 Å². The van der Waals surface area contributed by atoms with Gasteiger partial charge in [0.2, 0.25) is 0 Å². The maximum atomic E-state index is 11.3. The Morgan fingerprint density at radius 1 is 0.952 bits per heavy atom. The Bertz CT molecular complexity index is 226. The van der Waals surface area contributed by atoms with E-state index in [0.717, 1.165) is 24.9 Å². The molecule has 126 valence electrons. The number of carbonyl (C=O) groups excluding carboxylic acids is 1. The molecule has 21 heavy (non-hydrogen) atoms. The van der Waals surface area contributed by atoms with E-state index in [4.69, 9.17) is 9.99 Å². The number of unbranched alkanes of at least 4 members (excludes halogenated alkanes) is 9. The largest absolute Gasteiger partial charge is 0.466 e. The lowest BCUT2D eigenvalue weighted by atomic mass is 10.1. The van der Waals surface area contributed by atoms with Crippen molar-refractivity contribution in [1.82, 2.24) is 0 Å². The van der Waals surface area contributed by atoms with Crippen LogP contribution in [-0.4, -0.2) is 23.6 Å². The fraction of sp³-hybridized carbons (Fsp3) is 0.933. The van der Waals surface area contributed by atoms with Crippen LogP contribution in [0.5, 0.6) is 0 Å². The van der Waals surface area contributed by atoms with Gasteiger partial charge < -0.3 is 4.74 Å². The Labute approximate surface area is 132 Å². The standard InChI is InChI=1S/C15H30O5S/c1-2-3-4-5-6-7-8-9-10-11-13-18-15(16)12-14-21-20-19-17/h17H,2-14H2,1H3. The van der Waals surface area contributed by atoms with Gasteiger partial charge in [-0.15, -0.1) is 4.33 Å². The fourth-order valence-electron chi connectivity index (χ4n) is 2.03. The smallest absolute Gasteiger partial charge is 0.306 e. The third-order valence-electron chi connectivity index (χ3n) is 3.23. The summed E-state index contributed by atoms with van der Waals surface area (Å²) < 4.78 is 9.24. The van der Waals surface area contributed by atoms with Crippen molar-refractivity contribution in [2.24, 2.45) is 0 Å². The molecule has 0 atom stereocenters. The van der Waals surface area contributed by atoms with Gasteiger partial charge in [-0.2, -0.15) is 0 Å². The van der Waals surface area contributed by atoms with Crippen molar-refractivity contribution in [3.8, 4) is 0 Å². The van der Waals surface area contributed by atoms with Crippen LogP contribution >= 0.6 is 12.0 Å². The maximum Gasteiger partial charge on any atom is 0.306 e. The molecule has 5 nitrogen and oxygen atoms in total. The molecule has 0 saturated carbocycles. The zero-order chi connectivity index (χ0) is 15.6. The minimum absolute atomic E-state index is 0.236. The van der Waals surface area contributed by atoms with E-state index in [2.05, 4.69) is 16.3 Å². The molecule has 0 fully saturated rings. The van der Waals surface area contributed by atoms with Crippen LogP contribution in [0.25, 0.3) is 0 Å². The summed E-state index contributed by atoms with van der Waals surface area (Å²) in [4.78, 5) is 11.3. The molecule has 0 aliphatic carbocycles. The molecule has 1 N–H and O–H groups in total. The first-order chi connectivity index (χ1) is 10.3.